The second-order valence-corrected chi connectivity index (χ2v) is 6.31. The first-order valence-corrected chi connectivity index (χ1v) is 7.20. The molecule has 1 aliphatic heterocycles. The SMILES string of the molecule is CCC1C(=O)NC(C2CC2)C(=O)N1C1(C)CCC1. The van der Waals surface area contributed by atoms with Crippen LogP contribution in [0, 0.1) is 5.92 Å². The third-order valence-corrected chi connectivity index (χ3v) is 4.91. The van der Waals surface area contributed by atoms with Crippen LogP contribution in [0.4, 0.5) is 0 Å². The van der Waals surface area contributed by atoms with Gasteiger partial charge in [0.25, 0.3) is 0 Å². The molecule has 1 N–H and O–H groups in total. The van der Waals surface area contributed by atoms with Crippen molar-refractivity contribution < 1.29 is 9.59 Å². The fourth-order valence-corrected chi connectivity index (χ4v) is 3.42. The van der Waals surface area contributed by atoms with E-state index in [2.05, 4.69) is 12.2 Å². The fraction of sp³-hybridized carbons (Fsp3) is 0.857. The standard InChI is InChI=1S/C14H22N2O2/c1-3-10-12(17)15-11(9-5-6-9)13(18)16(10)14(2)7-4-8-14/h9-11H,3-8H2,1-2H3,(H,15,17). The van der Waals surface area contributed by atoms with E-state index in [4.69, 9.17) is 0 Å². The lowest BCUT2D eigenvalue weighted by Gasteiger charge is -2.53. The van der Waals surface area contributed by atoms with Gasteiger partial charge in [-0.1, -0.05) is 6.92 Å². The van der Waals surface area contributed by atoms with Crippen LogP contribution >= 0.6 is 0 Å². The van der Waals surface area contributed by atoms with Gasteiger partial charge in [-0.3, -0.25) is 9.59 Å². The highest BCUT2D eigenvalue weighted by Gasteiger charge is 2.53. The Labute approximate surface area is 108 Å². The van der Waals surface area contributed by atoms with Gasteiger partial charge >= 0.3 is 0 Å². The molecule has 0 aromatic heterocycles. The molecule has 3 aliphatic rings. The van der Waals surface area contributed by atoms with Crippen molar-refractivity contribution >= 4 is 11.8 Å². The first-order chi connectivity index (χ1) is 8.57. The van der Waals surface area contributed by atoms with Crippen LogP contribution in [-0.2, 0) is 9.59 Å². The summed E-state index contributed by atoms with van der Waals surface area (Å²) in [7, 11) is 0. The van der Waals surface area contributed by atoms with E-state index in [0.717, 1.165) is 25.7 Å². The fourth-order valence-electron chi connectivity index (χ4n) is 3.42. The third kappa shape index (κ3) is 1.65. The Bertz CT molecular complexity index is 385. The van der Waals surface area contributed by atoms with Crippen LogP contribution < -0.4 is 5.32 Å². The summed E-state index contributed by atoms with van der Waals surface area (Å²) in [5.41, 5.74) is -0.0668. The number of amides is 2. The van der Waals surface area contributed by atoms with Crippen molar-refractivity contribution in [2.45, 2.75) is 70.0 Å². The summed E-state index contributed by atoms with van der Waals surface area (Å²) in [4.78, 5) is 26.8. The van der Waals surface area contributed by atoms with Crippen LogP contribution in [0.25, 0.3) is 0 Å². The molecule has 2 atom stereocenters. The average molecular weight is 250 g/mol. The Morgan fingerprint density at radius 3 is 2.44 bits per heavy atom. The van der Waals surface area contributed by atoms with Crippen molar-refractivity contribution in [1.82, 2.24) is 10.2 Å². The molecule has 3 rings (SSSR count). The van der Waals surface area contributed by atoms with E-state index in [0.29, 0.717) is 12.3 Å². The molecule has 0 aromatic rings. The highest BCUT2D eigenvalue weighted by molar-refractivity contribution is 5.97. The molecule has 1 heterocycles. The summed E-state index contributed by atoms with van der Waals surface area (Å²) < 4.78 is 0. The van der Waals surface area contributed by atoms with Crippen LogP contribution in [0.1, 0.15) is 52.4 Å². The van der Waals surface area contributed by atoms with Gasteiger partial charge in [-0.15, -0.1) is 0 Å². The molecule has 2 saturated carbocycles. The summed E-state index contributed by atoms with van der Waals surface area (Å²) in [5, 5.41) is 2.95. The molecule has 0 radical (unpaired) electrons. The molecule has 2 amide bonds. The molecular formula is C14H22N2O2. The minimum atomic E-state index is -0.252. The van der Waals surface area contributed by atoms with Crippen molar-refractivity contribution in [3.8, 4) is 0 Å². The zero-order valence-electron chi connectivity index (χ0n) is 11.2. The molecule has 0 bridgehead atoms. The monoisotopic (exact) mass is 250 g/mol. The maximum Gasteiger partial charge on any atom is 0.246 e. The highest BCUT2D eigenvalue weighted by atomic mass is 16.2. The van der Waals surface area contributed by atoms with Crippen LogP contribution in [0.5, 0.6) is 0 Å². The van der Waals surface area contributed by atoms with Crippen LogP contribution in [0.3, 0.4) is 0 Å². The Morgan fingerprint density at radius 1 is 1.33 bits per heavy atom. The molecule has 0 aromatic carbocycles. The number of carbonyl (C=O) groups is 2. The van der Waals surface area contributed by atoms with Crippen molar-refractivity contribution in [1.29, 1.82) is 0 Å². The average Bonchev–Trinajstić information content (AvgIpc) is 3.12. The minimum absolute atomic E-state index is 0.0575. The molecule has 3 fully saturated rings. The van der Waals surface area contributed by atoms with E-state index in [1.165, 1.54) is 6.42 Å². The van der Waals surface area contributed by atoms with Crippen molar-refractivity contribution in [3.63, 3.8) is 0 Å². The second-order valence-electron chi connectivity index (χ2n) is 6.31. The quantitative estimate of drug-likeness (QED) is 0.824. The summed E-state index contributed by atoms with van der Waals surface area (Å²) in [6.45, 7) is 4.13. The zero-order valence-corrected chi connectivity index (χ0v) is 11.2. The van der Waals surface area contributed by atoms with Gasteiger partial charge in [-0.25, -0.2) is 0 Å². The van der Waals surface area contributed by atoms with E-state index >= 15 is 0 Å². The molecule has 4 heteroatoms. The molecular weight excluding hydrogens is 228 g/mol. The van der Waals surface area contributed by atoms with Crippen molar-refractivity contribution in [3.05, 3.63) is 0 Å². The van der Waals surface area contributed by atoms with Crippen molar-refractivity contribution in [2.75, 3.05) is 0 Å². The second kappa shape index (κ2) is 3.97. The Hall–Kier alpha value is -1.06. The van der Waals surface area contributed by atoms with E-state index in [9.17, 15) is 9.59 Å². The summed E-state index contributed by atoms with van der Waals surface area (Å²) in [5.74, 6) is 0.624. The van der Waals surface area contributed by atoms with E-state index < -0.39 is 0 Å². The zero-order chi connectivity index (χ0) is 12.9. The topological polar surface area (TPSA) is 49.4 Å². The number of nitrogens with one attached hydrogen (secondary N) is 1. The van der Waals surface area contributed by atoms with Gasteiger partial charge in [0.05, 0.1) is 0 Å². The number of hydrogen-bond acceptors (Lipinski definition) is 2. The molecule has 2 unspecified atom stereocenters. The van der Waals surface area contributed by atoms with E-state index in [-0.39, 0.29) is 29.4 Å². The largest absolute Gasteiger partial charge is 0.342 e. The lowest BCUT2D eigenvalue weighted by Crippen LogP contribution is -2.70. The maximum absolute atomic E-state index is 12.7. The molecule has 4 nitrogen and oxygen atoms in total. The van der Waals surface area contributed by atoms with Gasteiger partial charge in [-0.2, -0.15) is 0 Å². The van der Waals surface area contributed by atoms with Gasteiger partial charge < -0.3 is 10.2 Å². The maximum atomic E-state index is 12.7. The Kier molecular flexibility index (Phi) is 2.65. The predicted octanol–water partition coefficient (Wildman–Crippen LogP) is 1.44. The number of carbonyl (C=O) groups excluding carboxylic acids is 2. The lowest BCUT2D eigenvalue weighted by molar-refractivity contribution is -0.161. The normalized spacial score (nSPS) is 35.1. The number of hydrogen-bond donors (Lipinski definition) is 1. The number of piperazine rings is 1. The summed E-state index contributed by atoms with van der Waals surface area (Å²) >= 11 is 0. The first kappa shape index (κ1) is 12.0. The highest BCUT2D eigenvalue weighted by Crippen LogP contribution is 2.43. The van der Waals surface area contributed by atoms with Crippen molar-refractivity contribution in [2.24, 2.45) is 5.92 Å². The van der Waals surface area contributed by atoms with Gasteiger partial charge in [-0.05, 0) is 51.4 Å². The summed E-state index contributed by atoms with van der Waals surface area (Å²) in [6, 6.07) is -0.490. The van der Waals surface area contributed by atoms with Gasteiger partial charge in [0.2, 0.25) is 11.8 Å². The van der Waals surface area contributed by atoms with Crippen LogP contribution in [0.2, 0.25) is 0 Å². The lowest BCUT2D eigenvalue weighted by atomic mass is 9.75. The van der Waals surface area contributed by atoms with Crippen LogP contribution in [-0.4, -0.2) is 34.3 Å². The first-order valence-electron chi connectivity index (χ1n) is 7.20. The van der Waals surface area contributed by atoms with Gasteiger partial charge in [0.1, 0.15) is 12.1 Å². The van der Waals surface area contributed by atoms with Gasteiger partial charge in [0, 0.05) is 5.54 Å². The number of rotatable bonds is 3. The van der Waals surface area contributed by atoms with E-state index in [1.54, 1.807) is 0 Å². The predicted molar refractivity (Wildman–Crippen MR) is 67.8 cm³/mol. The van der Waals surface area contributed by atoms with Crippen LogP contribution in [0.15, 0.2) is 0 Å². The number of nitrogens with zero attached hydrogens (tertiary/aromatic N) is 1. The smallest absolute Gasteiger partial charge is 0.246 e. The van der Waals surface area contributed by atoms with E-state index in [1.807, 2.05) is 11.8 Å². The summed E-state index contributed by atoms with van der Waals surface area (Å²) in [6.07, 6.45) is 6.13. The Balaban J connectivity index is 1.89. The Morgan fingerprint density at radius 2 is 2.00 bits per heavy atom. The molecule has 18 heavy (non-hydrogen) atoms. The molecule has 2 aliphatic carbocycles. The minimum Gasteiger partial charge on any atom is -0.342 e. The molecule has 100 valence electrons. The molecule has 1 saturated heterocycles. The third-order valence-electron chi connectivity index (χ3n) is 4.91. The molecule has 0 spiro atoms. The van der Waals surface area contributed by atoms with Gasteiger partial charge in [0.15, 0.2) is 0 Å².